The van der Waals surface area contributed by atoms with E-state index in [4.69, 9.17) is 4.74 Å². The molecule has 0 aliphatic rings. The summed E-state index contributed by atoms with van der Waals surface area (Å²) in [6, 6.07) is 6.24. The third kappa shape index (κ3) is 3.00. The molecule has 0 aliphatic carbocycles. The van der Waals surface area contributed by atoms with Crippen molar-refractivity contribution in [2.45, 2.75) is 11.8 Å². The quantitative estimate of drug-likeness (QED) is 0.786. The van der Waals surface area contributed by atoms with Crippen molar-refractivity contribution in [1.82, 2.24) is 0 Å². The Morgan fingerprint density at radius 1 is 1.31 bits per heavy atom. The van der Waals surface area contributed by atoms with Gasteiger partial charge in [-0.2, -0.15) is 0 Å². The van der Waals surface area contributed by atoms with E-state index in [2.05, 4.69) is 14.8 Å². The normalized spacial score (nSPS) is 11.2. The van der Waals surface area contributed by atoms with Crippen molar-refractivity contribution in [1.29, 1.82) is 0 Å². The number of ether oxygens (including phenoxy) is 1. The predicted molar refractivity (Wildman–Crippen MR) is 53.7 cm³/mol. The molecule has 13 heavy (non-hydrogen) atoms. The Hall–Kier alpha value is -0.550. The van der Waals surface area contributed by atoms with E-state index in [0.29, 0.717) is 12.4 Å². The van der Waals surface area contributed by atoms with Gasteiger partial charge in [0.1, 0.15) is 5.75 Å². The second-order valence-corrected chi connectivity index (χ2v) is 6.25. The summed E-state index contributed by atoms with van der Waals surface area (Å²) in [6.45, 7) is 2.44. The summed E-state index contributed by atoms with van der Waals surface area (Å²) in [4.78, 5) is 0.232. The van der Waals surface area contributed by atoms with E-state index in [9.17, 15) is 8.42 Å². The predicted octanol–water partition coefficient (Wildman–Crippen LogP) is 2.17. The van der Waals surface area contributed by atoms with Crippen LogP contribution in [0.3, 0.4) is 0 Å². The first kappa shape index (κ1) is 10.5. The zero-order valence-electron chi connectivity index (χ0n) is 7.03. The molecule has 0 radical (unpaired) electrons. The minimum Gasteiger partial charge on any atom is -0.494 e. The van der Waals surface area contributed by atoms with Crippen molar-refractivity contribution < 1.29 is 13.2 Å². The molecule has 0 spiro atoms. The minimum absolute atomic E-state index is 0.232. The van der Waals surface area contributed by atoms with Crippen LogP contribution >= 0.6 is 14.8 Å². The lowest BCUT2D eigenvalue weighted by atomic mass is 10.3. The average Bonchev–Trinajstić information content (AvgIpc) is 2.04. The third-order valence-electron chi connectivity index (χ3n) is 1.42. The molecule has 5 heteroatoms. The third-order valence-corrected chi connectivity index (χ3v) is 3.37. The van der Waals surface area contributed by atoms with Crippen LogP contribution in [0, 0.1) is 0 Å². The summed E-state index contributed by atoms with van der Waals surface area (Å²) >= 11 is 2.58. The Labute approximate surface area is 84.8 Å². The van der Waals surface area contributed by atoms with Crippen LogP contribution in [0.25, 0.3) is 0 Å². The Morgan fingerprint density at radius 2 is 1.85 bits per heavy atom. The maximum atomic E-state index is 11.0. The van der Waals surface area contributed by atoms with Gasteiger partial charge < -0.3 is 4.74 Å². The van der Waals surface area contributed by atoms with Crippen LogP contribution in [-0.2, 0) is 8.27 Å². The molecule has 0 saturated heterocycles. The Morgan fingerprint density at radius 3 is 2.23 bits per heavy atom. The molecule has 1 aromatic rings. The summed E-state index contributed by atoms with van der Waals surface area (Å²) < 4.78 is 27.1. The monoisotopic (exact) mass is 264 g/mol. The highest BCUT2D eigenvalue weighted by Gasteiger charge is 2.07. The smallest absolute Gasteiger partial charge is 0.237 e. The molecule has 72 valence electrons. The van der Waals surface area contributed by atoms with Gasteiger partial charge in [-0.3, -0.25) is 0 Å². The molecule has 0 N–H and O–H groups in total. The zero-order valence-corrected chi connectivity index (χ0v) is 9.43. The molecule has 0 amide bonds. The Balaban J connectivity index is 2.94. The van der Waals surface area contributed by atoms with E-state index < -0.39 is 8.27 Å². The van der Waals surface area contributed by atoms with Crippen LogP contribution in [0.4, 0.5) is 0 Å². The summed E-state index contributed by atoms with van der Waals surface area (Å²) in [5.41, 5.74) is 0. The van der Waals surface area contributed by atoms with Crippen molar-refractivity contribution in [2.24, 2.45) is 0 Å². The fourth-order valence-corrected chi connectivity index (χ4v) is 1.97. The van der Waals surface area contributed by atoms with Gasteiger partial charge in [-0.05, 0) is 31.2 Å². The van der Waals surface area contributed by atoms with E-state index in [1.807, 2.05) is 6.92 Å². The van der Waals surface area contributed by atoms with Gasteiger partial charge >= 0.3 is 0 Å². The topological polar surface area (TPSA) is 43.4 Å². The van der Waals surface area contributed by atoms with E-state index in [1.165, 1.54) is 12.1 Å². The van der Waals surface area contributed by atoms with Gasteiger partial charge in [-0.1, -0.05) is 0 Å². The van der Waals surface area contributed by atoms with Crippen LogP contribution in [-0.4, -0.2) is 15.0 Å². The largest absolute Gasteiger partial charge is 0.494 e. The molecule has 0 saturated carbocycles. The van der Waals surface area contributed by atoms with Crippen LogP contribution in [0.15, 0.2) is 29.2 Å². The fraction of sp³-hybridized carbons (Fsp3) is 0.250. The van der Waals surface area contributed by atoms with Gasteiger partial charge in [0.2, 0.25) is 8.27 Å². The maximum Gasteiger partial charge on any atom is 0.237 e. The molecule has 0 aliphatic heterocycles. The van der Waals surface area contributed by atoms with Crippen molar-refractivity contribution in [3.8, 4) is 5.75 Å². The van der Waals surface area contributed by atoms with E-state index in [0.717, 1.165) is 0 Å². The summed E-state index contributed by atoms with van der Waals surface area (Å²) in [5, 5.41) is 0. The van der Waals surface area contributed by atoms with Crippen LogP contribution in [0.5, 0.6) is 5.75 Å². The van der Waals surface area contributed by atoms with Gasteiger partial charge in [-0.25, -0.2) is 8.42 Å². The Bertz CT molecular complexity index is 369. The lowest BCUT2D eigenvalue weighted by Crippen LogP contribution is -1.93. The molecule has 3 nitrogen and oxygen atoms in total. The molecule has 0 atom stereocenters. The fourth-order valence-electron chi connectivity index (χ4n) is 0.865. The number of benzene rings is 1. The lowest BCUT2D eigenvalue weighted by molar-refractivity contribution is 0.340. The van der Waals surface area contributed by atoms with Crippen molar-refractivity contribution in [3.05, 3.63) is 24.3 Å². The first-order chi connectivity index (χ1) is 6.04. The maximum absolute atomic E-state index is 11.0. The SMILES string of the molecule is CCOc1ccc(S(=O)(=O)Br)cc1. The average molecular weight is 265 g/mol. The summed E-state index contributed by atoms with van der Waals surface area (Å²) in [6.07, 6.45) is 0. The summed E-state index contributed by atoms with van der Waals surface area (Å²) in [5.74, 6) is 0.669. The molecule has 1 aromatic carbocycles. The second-order valence-electron chi connectivity index (χ2n) is 2.34. The molecular weight excluding hydrogens is 256 g/mol. The number of hydrogen-bond donors (Lipinski definition) is 0. The Kier molecular flexibility index (Phi) is 3.33. The molecule has 0 unspecified atom stereocenters. The summed E-state index contributed by atoms with van der Waals surface area (Å²) in [7, 11) is -3.28. The van der Waals surface area contributed by atoms with E-state index in [1.54, 1.807) is 12.1 Å². The second kappa shape index (κ2) is 4.11. The minimum atomic E-state index is -3.28. The highest BCUT2D eigenvalue weighted by atomic mass is 79.9. The van der Waals surface area contributed by atoms with E-state index in [-0.39, 0.29) is 4.90 Å². The molecule has 0 fully saturated rings. The number of hydrogen-bond acceptors (Lipinski definition) is 3. The van der Waals surface area contributed by atoms with Gasteiger partial charge in [0.15, 0.2) is 0 Å². The van der Waals surface area contributed by atoms with Gasteiger partial charge in [0.25, 0.3) is 0 Å². The van der Waals surface area contributed by atoms with Crippen LogP contribution in [0.1, 0.15) is 6.92 Å². The highest BCUT2D eigenvalue weighted by molar-refractivity contribution is 9.47. The molecule has 0 heterocycles. The van der Waals surface area contributed by atoms with Gasteiger partial charge in [0, 0.05) is 0 Å². The van der Waals surface area contributed by atoms with Crippen molar-refractivity contribution in [2.75, 3.05) is 6.61 Å². The molecular formula is C8H9BrO3S. The molecule has 1 rings (SSSR count). The van der Waals surface area contributed by atoms with Gasteiger partial charge in [-0.15, -0.1) is 0 Å². The van der Waals surface area contributed by atoms with E-state index >= 15 is 0 Å². The first-order valence-corrected chi connectivity index (χ1v) is 7.04. The van der Waals surface area contributed by atoms with Gasteiger partial charge in [0.05, 0.1) is 26.3 Å². The van der Waals surface area contributed by atoms with Crippen LogP contribution in [0.2, 0.25) is 0 Å². The first-order valence-electron chi connectivity index (χ1n) is 3.71. The highest BCUT2D eigenvalue weighted by Crippen LogP contribution is 2.20. The standard InChI is InChI=1S/C8H9BrO3S/c1-2-12-7-3-5-8(6-4-7)13(9,10)11/h3-6H,2H2,1H3. The van der Waals surface area contributed by atoms with Crippen molar-refractivity contribution in [3.63, 3.8) is 0 Å². The zero-order chi connectivity index (χ0) is 9.90. The van der Waals surface area contributed by atoms with Crippen molar-refractivity contribution >= 4 is 23.1 Å². The number of rotatable bonds is 3. The van der Waals surface area contributed by atoms with Crippen LogP contribution < -0.4 is 4.74 Å². The number of halogens is 1. The molecule has 0 bridgehead atoms. The molecule has 0 aromatic heterocycles. The lowest BCUT2D eigenvalue weighted by Gasteiger charge is -2.02.